The molecule has 1 fully saturated rings. The van der Waals surface area contributed by atoms with Gasteiger partial charge >= 0.3 is 0 Å². The zero-order valence-corrected chi connectivity index (χ0v) is 6.68. The average molecular weight is 154 g/mol. The molecule has 11 heavy (non-hydrogen) atoms. The zero-order valence-electron chi connectivity index (χ0n) is 6.68. The molecule has 1 aliphatic rings. The van der Waals surface area contributed by atoms with E-state index >= 15 is 0 Å². The van der Waals surface area contributed by atoms with Gasteiger partial charge in [-0.15, -0.1) is 0 Å². The molecule has 0 aromatic carbocycles. The van der Waals surface area contributed by atoms with Crippen molar-refractivity contribution in [3.63, 3.8) is 0 Å². The van der Waals surface area contributed by atoms with Gasteiger partial charge in [0.15, 0.2) is 0 Å². The van der Waals surface area contributed by atoms with Crippen LogP contribution >= 0.6 is 0 Å². The van der Waals surface area contributed by atoms with Crippen LogP contribution < -0.4 is 0 Å². The highest BCUT2D eigenvalue weighted by Crippen LogP contribution is 2.27. The van der Waals surface area contributed by atoms with Gasteiger partial charge in [-0.1, -0.05) is 25.7 Å². The van der Waals surface area contributed by atoms with Crippen LogP contribution in [0.15, 0.2) is 6.08 Å². The fourth-order valence-electron chi connectivity index (χ4n) is 1.59. The van der Waals surface area contributed by atoms with E-state index in [4.69, 9.17) is 0 Å². The van der Waals surface area contributed by atoms with Gasteiger partial charge in [-0.2, -0.15) is 0 Å². The molecule has 0 aromatic heterocycles. The topological polar surface area (TPSA) is 37.3 Å². The minimum Gasteiger partial charge on any atom is -0.385 e. The van der Waals surface area contributed by atoms with Crippen LogP contribution in [0.5, 0.6) is 0 Å². The third-order valence-electron chi connectivity index (χ3n) is 2.30. The molecule has 0 radical (unpaired) electrons. The normalized spacial score (nSPS) is 23.4. The predicted octanol–water partition coefficient (Wildman–Crippen LogP) is 1.46. The Bertz CT molecular complexity index is 160. The lowest BCUT2D eigenvalue weighted by Crippen LogP contribution is -2.24. The fourth-order valence-corrected chi connectivity index (χ4v) is 1.59. The van der Waals surface area contributed by atoms with Crippen LogP contribution in [-0.4, -0.2) is 16.6 Å². The van der Waals surface area contributed by atoms with Crippen LogP contribution in [-0.2, 0) is 4.79 Å². The summed E-state index contributed by atoms with van der Waals surface area (Å²) in [6.45, 7) is 0. The van der Waals surface area contributed by atoms with Crippen molar-refractivity contribution < 1.29 is 9.90 Å². The van der Waals surface area contributed by atoms with Gasteiger partial charge in [0.2, 0.25) is 0 Å². The molecule has 0 unspecified atom stereocenters. The van der Waals surface area contributed by atoms with Crippen molar-refractivity contribution >= 4 is 5.94 Å². The van der Waals surface area contributed by atoms with Gasteiger partial charge in [-0.3, -0.25) is 0 Å². The molecule has 0 spiro atoms. The number of carbonyl (C=O) groups excluding carboxylic acids is 1. The molecule has 1 saturated carbocycles. The average Bonchev–Trinajstić information content (AvgIpc) is 2.15. The predicted molar refractivity (Wildman–Crippen MR) is 42.9 cm³/mol. The highest BCUT2D eigenvalue weighted by atomic mass is 16.3. The molecule has 1 rings (SSSR count). The number of rotatable bonds is 1. The van der Waals surface area contributed by atoms with E-state index in [0.29, 0.717) is 0 Å². The Balaban J connectivity index is 2.58. The maximum atomic E-state index is 10.0. The second-order valence-corrected chi connectivity index (χ2v) is 3.28. The molecule has 0 atom stereocenters. The monoisotopic (exact) mass is 154 g/mol. The van der Waals surface area contributed by atoms with E-state index in [1.54, 1.807) is 5.94 Å². The summed E-state index contributed by atoms with van der Waals surface area (Å²) in [5.74, 6) is 1.68. The summed E-state index contributed by atoms with van der Waals surface area (Å²) >= 11 is 0. The van der Waals surface area contributed by atoms with E-state index in [0.717, 1.165) is 25.7 Å². The molecule has 0 bridgehead atoms. The lowest BCUT2D eigenvalue weighted by Gasteiger charge is -2.19. The molecule has 0 saturated heterocycles. The Labute approximate surface area is 66.9 Å². The van der Waals surface area contributed by atoms with Crippen molar-refractivity contribution in [2.24, 2.45) is 0 Å². The molecule has 62 valence electrons. The minimum absolute atomic E-state index is 0.724. The number of hydrogen-bond donors (Lipinski definition) is 1. The zero-order chi connectivity index (χ0) is 8.16. The SMILES string of the molecule is O=C=CC1(O)CCCCCC1. The van der Waals surface area contributed by atoms with E-state index in [-0.39, 0.29) is 0 Å². The van der Waals surface area contributed by atoms with Gasteiger partial charge in [-0.25, -0.2) is 4.79 Å². The van der Waals surface area contributed by atoms with Gasteiger partial charge in [0.1, 0.15) is 5.94 Å². The first-order chi connectivity index (χ1) is 5.27. The summed E-state index contributed by atoms with van der Waals surface area (Å²) < 4.78 is 0. The molecule has 0 aliphatic heterocycles. The lowest BCUT2D eigenvalue weighted by molar-refractivity contribution is 0.0758. The Hall–Kier alpha value is -0.590. The Kier molecular flexibility index (Phi) is 2.86. The van der Waals surface area contributed by atoms with Crippen molar-refractivity contribution in [1.82, 2.24) is 0 Å². The molecule has 1 aliphatic carbocycles. The standard InChI is InChI=1S/C9H14O2/c10-8-7-9(11)5-3-1-2-4-6-9/h7,11H,1-6H2. The van der Waals surface area contributed by atoms with Crippen LogP contribution in [0, 0.1) is 0 Å². The first kappa shape index (κ1) is 8.51. The van der Waals surface area contributed by atoms with Gasteiger partial charge in [0.05, 0.1) is 5.60 Å². The largest absolute Gasteiger partial charge is 0.385 e. The third kappa shape index (κ3) is 2.49. The van der Waals surface area contributed by atoms with Crippen molar-refractivity contribution in [2.75, 3.05) is 0 Å². The van der Waals surface area contributed by atoms with Crippen molar-refractivity contribution in [3.8, 4) is 0 Å². The first-order valence-electron chi connectivity index (χ1n) is 4.21. The van der Waals surface area contributed by atoms with Crippen LogP contribution in [0.4, 0.5) is 0 Å². The Morgan fingerprint density at radius 2 is 1.73 bits per heavy atom. The quantitative estimate of drug-likeness (QED) is 0.458. The number of hydrogen-bond acceptors (Lipinski definition) is 2. The third-order valence-corrected chi connectivity index (χ3v) is 2.30. The molecule has 1 N–H and O–H groups in total. The summed E-state index contributed by atoms with van der Waals surface area (Å²) in [7, 11) is 0. The summed E-state index contributed by atoms with van der Waals surface area (Å²) in [5, 5.41) is 9.73. The summed E-state index contributed by atoms with van der Waals surface area (Å²) in [5.41, 5.74) is -0.835. The summed E-state index contributed by atoms with van der Waals surface area (Å²) in [6.07, 6.45) is 7.12. The molecule has 2 heteroatoms. The van der Waals surface area contributed by atoms with Crippen LogP contribution in [0.1, 0.15) is 38.5 Å². The Morgan fingerprint density at radius 3 is 2.18 bits per heavy atom. The summed E-state index contributed by atoms with van der Waals surface area (Å²) in [4.78, 5) is 10.0. The summed E-state index contributed by atoms with van der Waals surface area (Å²) in [6, 6.07) is 0. The van der Waals surface area contributed by atoms with Gasteiger partial charge in [0.25, 0.3) is 0 Å². The van der Waals surface area contributed by atoms with Crippen molar-refractivity contribution in [1.29, 1.82) is 0 Å². The molecule has 0 heterocycles. The van der Waals surface area contributed by atoms with Crippen LogP contribution in [0.3, 0.4) is 0 Å². The maximum Gasteiger partial charge on any atom is 0.123 e. The van der Waals surface area contributed by atoms with E-state index in [2.05, 4.69) is 0 Å². The number of aliphatic hydroxyl groups is 1. The smallest absolute Gasteiger partial charge is 0.123 e. The van der Waals surface area contributed by atoms with Crippen molar-refractivity contribution in [2.45, 2.75) is 44.1 Å². The highest BCUT2D eigenvalue weighted by molar-refractivity contribution is 5.47. The molecule has 0 aromatic rings. The lowest BCUT2D eigenvalue weighted by atomic mass is 9.95. The van der Waals surface area contributed by atoms with E-state index in [1.807, 2.05) is 0 Å². The van der Waals surface area contributed by atoms with Crippen LogP contribution in [0.25, 0.3) is 0 Å². The molecular formula is C9H14O2. The first-order valence-corrected chi connectivity index (χ1v) is 4.21. The van der Waals surface area contributed by atoms with Gasteiger partial charge in [0, 0.05) is 6.08 Å². The van der Waals surface area contributed by atoms with E-state index < -0.39 is 5.60 Å². The second kappa shape index (κ2) is 3.70. The van der Waals surface area contributed by atoms with Crippen LogP contribution in [0.2, 0.25) is 0 Å². The highest BCUT2D eigenvalue weighted by Gasteiger charge is 2.24. The van der Waals surface area contributed by atoms with Crippen molar-refractivity contribution in [3.05, 3.63) is 6.08 Å². The fraction of sp³-hybridized carbons (Fsp3) is 0.778. The van der Waals surface area contributed by atoms with E-state index in [1.165, 1.54) is 18.9 Å². The van der Waals surface area contributed by atoms with E-state index in [9.17, 15) is 9.90 Å². The second-order valence-electron chi connectivity index (χ2n) is 3.28. The Morgan fingerprint density at radius 1 is 1.18 bits per heavy atom. The molecule has 2 nitrogen and oxygen atoms in total. The van der Waals surface area contributed by atoms with Gasteiger partial charge < -0.3 is 5.11 Å². The molecular weight excluding hydrogens is 140 g/mol. The van der Waals surface area contributed by atoms with Gasteiger partial charge in [-0.05, 0) is 12.8 Å². The molecule has 0 amide bonds. The minimum atomic E-state index is -0.835. The maximum absolute atomic E-state index is 10.0.